The minimum absolute atomic E-state index is 0.223. The van der Waals surface area contributed by atoms with Gasteiger partial charge in [0.15, 0.2) is 11.5 Å². The van der Waals surface area contributed by atoms with Crippen molar-refractivity contribution >= 4 is 11.8 Å². The minimum Gasteiger partial charge on any atom is -0.493 e. The number of carbonyl (C=O) groups excluding carboxylic acids is 1. The van der Waals surface area contributed by atoms with Gasteiger partial charge in [0.05, 0.1) is 13.7 Å². The summed E-state index contributed by atoms with van der Waals surface area (Å²) in [5.74, 6) is 1.19. The van der Waals surface area contributed by atoms with E-state index in [0.29, 0.717) is 23.8 Å². The van der Waals surface area contributed by atoms with Crippen molar-refractivity contribution in [1.82, 2.24) is 0 Å². The number of carbonyl (C=O) groups is 1. The molecule has 0 aliphatic rings. The molecule has 0 saturated heterocycles. The maximum Gasteiger partial charge on any atom is 0.411 e. The Labute approximate surface area is 129 Å². The van der Waals surface area contributed by atoms with Gasteiger partial charge in [-0.05, 0) is 24.6 Å². The normalized spacial score (nSPS) is 9.91. The summed E-state index contributed by atoms with van der Waals surface area (Å²) in [6.07, 6.45) is -0.517. The highest BCUT2D eigenvalue weighted by Gasteiger charge is 2.08. The van der Waals surface area contributed by atoms with Crippen LogP contribution in [0.3, 0.4) is 0 Å². The summed E-state index contributed by atoms with van der Waals surface area (Å²) in [7, 11) is 1.57. The number of hydrogen-bond acceptors (Lipinski definition) is 4. The molecule has 2 rings (SSSR count). The predicted octanol–water partition coefficient (Wildman–Crippen LogP) is 3.84. The second kappa shape index (κ2) is 7.93. The number of hydrogen-bond donors (Lipinski definition) is 1. The Hall–Kier alpha value is -2.69. The van der Waals surface area contributed by atoms with Gasteiger partial charge in [-0.2, -0.15) is 0 Å². The van der Waals surface area contributed by atoms with Crippen molar-refractivity contribution in [1.29, 1.82) is 0 Å². The average molecular weight is 301 g/mol. The fraction of sp³-hybridized carbons (Fsp3) is 0.235. The third kappa shape index (κ3) is 4.41. The third-order valence-corrected chi connectivity index (χ3v) is 2.92. The van der Waals surface area contributed by atoms with Gasteiger partial charge in [-0.15, -0.1) is 0 Å². The highest BCUT2D eigenvalue weighted by molar-refractivity contribution is 5.85. The number of nitrogens with one attached hydrogen (secondary N) is 1. The molecule has 22 heavy (non-hydrogen) atoms. The number of methoxy groups -OCH3 is 1. The average Bonchev–Trinajstić information content (AvgIpc) is 2.55. The SMILES string of the molecule is CCOc1cc(NC(=O)OCc2ccccc2)ccc1OC. The topological polar surface area (TPSA) is 56.8 Å². The molecule has 5 nitrogen and oxygen atoms in total. The maximum atomic E-state index is 11.8. The summed E-state index contributed by atoms with van der Waals surface area (Å²) in [6, 6.07) is 14.7. The quantitative estimate of drug-likeness (QED) is 0.880. The number of rotatable bonds is 6. The Bertz CT molecular complexity index is 613. The van der Waals surface area contributed by atoms with Crippen molar-refractivity contribution in [2.75, 3.05) is 19.0 Å². The van der Waals surface area contributed by atoms with Gasteiger partial charge in [0.1, 0.15) is 6.61 Å². The lowest BCUT2D eigenvalue weighted by atomic mass is 10.2. The van der Waals surface area contributed by atoms with Crippen molar-refractivity contribution in [2.45, 2.75) is 13.5 Å². The van der Waals surface area contributed by atoms with E-state index < -0.39 is 6.09 Å². The van der Waals surface area contributed by atoms with Crippen LogP contribution in [0.4, 0.5) is 10.5 Å². The molecule has 1 amide bonds. The lowest BCUT2D eigenvalue weighted by Gasteiger charge is -2.12. The molecule has 0 fully saturated rings. The molecule has 0 radical (unpaired) electrons. The van der Waals surface area contributed by atoms with Crippen LogP contribution in [0.25, 0.3) is 0 Å². The molecule has 2 aromatic carbocycles. The molecule has 0 atom stereocenters. The fourth-order valence-electron chi connectivity index (χ4n) is 1.90. The molecule has 2 aromatic rings. The van der Waals surface area contributed by atoms with E-state index in [9.17, 15) is 4.79 Å². The lowest BCUT2D eigenvalue weighted by molar-refractivity contribution is 0.155. The minimum atomic E-state index is -0.517. The second-order valence-electron chi connectivity index (χ2n) is 4.49. The summed E-state index contributed by atoms with van der Waals surface area (Å²) >= 11 is 0. The maximum absolute atomic E-state index is 11.8. The molecule has 0 heterocycles. The summed E-state index contributed by atoms with van der Waals surface area (Å²) in [5, 5.41) is 2.67. The smallest absolute Gasteiger partial charge is 0.411 e. The van der Waals surface area contributed by atoms with Crippen molar-refractivity contribution < 1.29 is 19.0 Å². The first kappa shape index (κ1) is 15.7. The molecule has 1 N–H and O–H groups in total. The summed E-state index contributed by atoms with van der Waals surface area (Å²) < 4.78 is 15.8. The van der Waals surface area contributed by atoms with Crippen LogP contribution in [0.1, 0.15) is 12.5 Å². The van der Waals surface area contributed by atoms with E-state index in [0.717, 1.165) is 5.56 Å². The fourth-order valence-corrected chi connectivity index (χ4v) is 1.90. The van der Waals surface area contributed by atoms with E-state index in [1.54, 1.807) is 25.3 Å². The van der Waals surface area contributed by atoms with Crippen molar-refractivity contribution in [3.63, 3.8) is 0 Å². The Balaban J connectivity index is 1.95. The molecule has 0 aliphatic carbocycles. The van der Waals surface area contributed by atoms with Crippen molar-refractivity contribution in [3.05, 3.63) is 54.1 Å². The van der Waals surface area contributed by atoms with Gasteiger partial charge in [-0.25, -0.2) is 4.79 Å². The number of amides is 1. The standard InChI is InChI=1S/C17H19NO4/c1-3-21-16-11-14(9-10-15(16)20-2)18-17(19)22-12-13-7-5-4-6-8-13/h4-11H,3,12H2,1-2H3,(H,18,19). The third-order valence-electron chi connectivity index (χ3n) is 2.92. The van der Waals surface area contributed by atoms with E-state index >= 15 is 0 Å². The summed E-state index contributed by atoms with van der Waals surface area (Å²) in [5.41, 5.74) is 1.52. The summed E-state index contributed by atoms with van der Waals surface area (Å²) in [4.78, 5) is 11.8. The van der Waals surface area contributed by atoms with Crippen LogP contribution >= 0.6 is 0 Å². The zero-order valence-electron chi connectivity index (χ0n) is 12.7. The molecule has 0 aromatic heterocycles. The molecule has 0 spiro atoms. The Morgan fingerprint density at radius 1 is 1.09 bits per heavy atom. The molecule has 0 unspecified atom stereocenters. The van der Waals surface area contributed by atoms with Gasteiger partial charge in [0.25, 0.3) is 0 Å². The highest BCUT2D eigenvalue weighted by Crippen LogP contribution is 2.30. The summed E-state index contributed by atoms with van der Waals surface area (Å²) in [6.45, 7) is 2.62. The largest absolute Gasteiger partial charge is 0.493 e. The van der Waals surface area contributed by atoms with E-state index in [1.807, 2.05) is 37.3 Å². The van der Waals surface area contributed by atoms with Gasteiger partial charge >= 0.3 is 6.09 Å². The van der Waals surface area contributed by atoms with E-state index in [1.165, 1.54) is 0 Å². The molecule has 0 bridgehead atoms. The number of ether oxygens (including phenoxy) is 3. The first-order chi connectivity index (χ1) is 10.7. The van der Waals surface area contributed by atoms with Crippen LogP contribution in [-0.2, 0) is 11.3 Å². The number of anilines is 1. The zero-order chi connectivity index (χ0) is 15.8. The van der Waals surface area contributed by atoms with Crippen LogP contribution < -0.4 is 14.8 Å². The molecule has 0 saturated carbocycles. The Morgan fingerprint density at radius 3 is 2.55 bits per heavy atom. The van der Waals surface area contributed by atoms with Crippen LogP contribution in [0.2, 0.25) is 0 Å². The van der Waals surface area contributed by atoms with Crippen LogP contribution in [0.5, 0.6) is 11.5 Å². The zero-order valence-corrected chi connectivity index (χ0v) is 12.7. The van der Waals surface area contributed by atoms with E-state index in [2.05, 4.69) is 5.32 Å². The van der Waals surface area contributed by atoms with Crippen LogP contribution in [0, 0.1) is 0 Å². The highest BCUT2D eigenvalue weighted by atomic mass is 16.5. The van der Waals surface area contributed by atoms with Gasteiger partial charge < -0.3 is 14.2 Å². The monoisotopic (exact) mass is 301 g/mol. The first-order valence-electron chi connectivity index (χ1n) is 7.01. The van der Waals surface area contributed by atoms with Gasteiger partial charge in [0, 0.05) is 11.8 Å². The molecule has 116 valence electrons. The Kier molecular flexibility index (Phi) is 5.65. The first-order valence-corrected chi connectivity index (χ1v) is 7.01. The van der Waals surface area contributed by atoms with Crippen LogP contribution in [-0.4, -0.2) is 19.8 Å². The second-order valence-corrected chi connectivity index (χ2v) is 4.49. The Morgan fingerprint density at radius 2 is 1.86 bits per heavy atom. The molecular weight excluding hydrogens is 282 g/mol. The van der Waals surface area contributed by atoms with E-state index in [4.69, 9.17) is 14.2 Å². The van der Waals surface area contributed by atoms with Gasteiger partial charge in [0.2, 0.25) is 0 Å². The van der Waals surface area contributed by atoms with Gasteiger partial charge in [-0.3, -0.25) is 5.32 Å². The van der Waals surface area contributed by atoms with Crippen molar-refractivity contribution in [2.24, 2.45) is 0 Å². The molecular formula is C17H19NO4. The lowest BCUT2D eigenvalue weighted by Crippen LogP contribution is -2.13. The molecule has 5 heteroatoms. The van der Waals surface area contributed by atoms with Crippen molar-refractivity contribution in [3.8, 4) is 11.5 Å². The van der Waals surface area contributed by atoms with E-state index in [-0.39, 0.29) is 6.61 Å². The van der Waals surface area contributed by atoms with Gasteiger partial charge in [-0.1, -0.05) is 30.3 Å². The van der Waals surface area contributed by atoms with Crippen LogP contribution in [0.15, 0.2) is 48.5 Å². The molecule has 0 aliphatic heterocycles. The predicted molar refractivity (Wildman–Crippen MR) is 84.4 cm³/mol. The number of benzene rings is 2.